The first-order chi connectivity index (χ1) is 20.9. The predicted octanol–water partition coefficient (Wildman–Crippen LogP) is 5.26. The van der Waals surface area contributed by atoms with Crippen LogP contribution in [0.25, 0.3) is 17.3 Å². The summed E-state index contributed by atoms with van der Waals surface area (Å²) in [7, 11) is 1.56. The fourth-order valence-corrected chi connectivity index (χ4v) is 5.06. The number of anilines is 1. The summed E-state index contributed by atoms with van der Waals surface area (Å²) in [5, 5.41) is 7.40. The number of hydrogen-bond acceptors (Lipinski definition) is 9. The maximum atomic E-state index is 13.0. The van der Waals surface area contributed by atoms with Gasteiger partial charge in [0.1, 0.15) is 29.6 Å². The second kappa shape index (κ2) is 17.4. The van der Waals surface area contributed by atoms with Crippen LogP contribution in [0.4, 0.5) is 11.4 Å². The summed E-state index contributed by atoms with van der Waals surface area (Å²) in [6, 6.07) is 10.4. The second-order valence-electron chi connectivity index (χ2n) is 9.85. The van der Waals surface area contributed by atoms with E-state index in [0.717, 1.165) is 42.6 Å². The van der Waals surface area contributed by atoms with E-state index >= 15 is 0 Å². The van der Waals surface area contributed by atoms with Crippen molar-refractivity contribution in [1.29, 1.82) is 0 Å². The smallest absolute Gasteiger partial charge is 0.310 e. The van der Waals surface area contributed by atoms with Crippen LogP contribution in [-0.2, 0) is 25.5 Å². The van der Waals surface area contributed by atoms with Gasteiger partial charge in [0.2, 0.25) is 5.91 Å². The van der Waals surface area contributed by atoms with Crippen LogP contribution in [-0.4, -0.2) is 55.1 Å². The first kappa shape index (κ1) is 34.5. The summed E-state index contributed by atoms with van der Waals surface area (Å²) >= 11 is 12.8. The molecule has 14 heteroatoms. The number of methoxy groups -OCH3 is 1. The number of imidazole rings is 1. The average molecular weight is 646 g/mol. The zero-order chi connectivity index (χ0) is 30.6. The van der Waals surface area contributed by atoms with E-state index in [1.807, 2.05) is 18.2 Å². The van der Waals surface area contributed by atoms with Gasteiger partial charge in [-0.05, 0) is 48.7 Å². The molecule has 0 radical (unpaired) electrons. The van der Waals surface area contributed by atoms with Crippen molar-refractivity contribution in [3.8, 4) is 11.3 Å². The van der Waals surface area contributed by atoms with Crippen LogP contribution in [0.1, 0.15) is 48.7 Å². The molecule has 1 aromatic heterocycles. The Hall–Kier alpha value is -3.94. The van der Waals surface area contributed by atoms with Crippen LogP contribution < -0.4 is 28.1 Å². The van der Waals surface area contributed by atoms with Gasteiger partial charge in [0, 0.05) is 41.6 Å². The van der Waals surface area contributed by atoms with Crippen LogP contribution in [0.3, 0.4) is 0 Å². The molecule has 12 nitrogen and oxygen atoms in total. The number of halogens is 2. The minimum Gasteiger partial charge on any atom is -0.463 e. The van der Waals surface area contributed by atoms with Crippen LogP contribution in [0.15, 0.2) is 47.5 Å². The maximum absolute atomic E-state index is 13.0. The molecule has 3 aromatic rings. The zero-order valence-corrected chi connectivity index (χ0v) is 26.0. The highest BCUT2D eigenvalue weighted by Crippen LogP contribution is 2.35. The molecule has 236 valence electrons. The molecule has 44 heavy (non-hydrogen) atoms. The van der Waals surface area contributed by atoms with E-state index in [9.17, 15) is 9.59 Å². The molecule has 0 saturated carbocycles. The zero-order valence-electron chi connectivity index (χ0n) is 24.5. The van der Waals surface area contributed by atoms with Crippen molar-refractivity contribution in [2.75, 3.05) is 32.2 Å². The number of hydrazine groups is 1. The van der Waals surface area contributed by atoms with Crippen LogP contribution in [0.5, 0.6) is 0 Å². The number of aliphatic imine (C=N–C) groups is 1. The molecule has 0 aliphatic carbocycles. The van der Waals surface area contributed by atoms with Crippen molar-refractivity contribution in [3.63, 3.8) is 0 Å². The van der Waals surface area contributed by atoms with E-state index in [0.29, 0.717) is 46.0 Å². The third kappa shape index (κ3) is 9.79. The Bertz CT molecular complexity index is 1480. The molecule has 0 saturated heterocycles. The predicted molar refractivity (Wildman–Crippen MR) is 174 cm³/mol. The monoisotopic (exact) mass is 644 g/mol. The Balaban J connectivity index is 0.00000529. The number of hydrogen-bond donors (Lipinski definition) is 6. The Morgan fingerprint density at radius 3 is 2.80 bits per heavy atom. The quantitative estimate of drug-likeness (QED) is 0.0325. The number of carbonyl (C=O) groups excluding carboxylic acids is 2. The highest BCUT2D eigenvalue weighted by Gasteiger charge is 2.22. The van der Waals surface area contributed by atoms with Gasteiger partial charge in [0.15, 0.2) is 0 Å². The Morgan fingerprint density at radius 2 is 2.00 bits per heavy atom. The van der Waals surface area contributed by atoms with E-state index < -0.39 is 6.04 Å². The van der Waals surface area contributed by atoms with E-state index in [1.165, 1.54) is 12.4 Å². The summed E-state index contributed by atoms with van der Waals surface area (Å²) in [5.41, 5.74) is 6.57. The molecule has 1 atom stereocenters. The SMILES string of the molecule is COCCOC(=O)Cc1ccc2c(c1)NCCCCC[C@H](NC(=O)/C=C/c1cc(Cl)ccc1N=CNN)c1nc-2c(Cl)[nH]1.N. The lowest BCUT2D eigenvalue weighted by Crippen LogP contribution is -2.27. The number of ether oxygens (including phenoxy) is 2. The standard InChI is InChI=1S/C30H35Cl2N7O4.H3N/c1-42-13-14-43-27(41)16-19-6-9-22-25(15-19)34-12-4-2-3-5-24(30-38-28(22)29(32)39-30)37-26(40)11-7-20-17-21(31)8-10-23(20)35-18-36-33;/h6-11,15,17-18,24,34H,2-5,12-14,16,33H2,1H3,(H,35,36)(H,37,40)(H,38,39);1H3/b11-7+;/t24-;/m0./s1. The molecular weight excluding hydrogens is 607 g/mol. The second-order valence-corrected chi connectivity index (χ2v) is 10.7. The minimum atomic E-state index is -0.390. The number of benzene rings is 2. The Kier molecular flexibility index (Phi) is 13.6. The summed E-state index contributed by atoms with van der Waals surface area (Å²) < 4.78 is 10.2. The number of rotatable bonds is 10. The van der Waals surface area contributed by atoms with Gasteiger partial charge in [-0.25, -0.2) is 15.8 Å². The topological polar surface area (TPSA) is 191 Å². The largest absolute Gasteiger partial charge is 0.463 e. The van der Waals surface area contributed by atoms with E-state index in [1.54, 1.807) is 31.4 Å². The van der Waals surface area contributed by atoms with Gasteiger partial charge in [-0.2, -0.15) is 0 Å². The van der Waals surface area contributed by atoms with Gasteiger partial charge in [-0.15, -0.1) is 0 Å². The minimum absolute atomic E-state index is 0. The maximum Gasteiger partial charge on any atom is 0.310 e. The number of nitrogens with zero attached hydrogens (tertiary/aromatic N) is 2. The van der Waals surface area contributed by atoms with Gasteiger partial charge in [0.05, 0.1) is 24.8 Å². The van der Waals surface area contributed by atoms with Gasteiger partial charge in [-0.3, -0.25) is 9.59 Å². The molecule has 1 aliphatic rings. The fraction of sp³-hybridized carbons (Fsp3) is 0.333. The molecule has 2 heterocycles. The summed E-state index contributed by atoms with van der Waals surface area (Å²) in [4.78, 5) is 37.5. The molecule has 0 unspecified atom stereocenters. The van der Waals surface area contributed by atoms with E-state index in [2.05, 4.69) is 26.0 Å². The van der Waals surface area contributed by atoms with Gasteiger partial charge >= 0.3 is 5.97 Å². The number of carbonyl (C=O) groups is 2. The first-order valence-corrected chi connectivity index (χ1v) is 14.7. The lowest BCUT2D eigenvalue weighted by Gasteiger charge is -2.17. The highest BCUT2D eigenvalue weighted by molar-refractivity contribution is 6.32. The van der Waals surface area contributed by atoms with Gasteiger partial charge in [-0.1, -0.05) is 48.2 Å². The third-order valence-corrected chi connectivity index (χ3v) is 7.24. The Morgan fingerprint density at radius 1 is 1.16 bits per heavy atom. The molecule has 4 rings (SSSR count). The number of aromatic amines is 1. The number of amides is 1. The molecule has 1 amide bonds. The molecule has 2 aromatic carbocycles. The molecule has 0 spiro atoms. The van der Waals surface area contributed by atoms with E-state index in [4.69, 9.17) is 43.5 Å². The molecule has 1 aliphatic heterocycles. The van der Waals surface area contributed by atoms with Crippen molar-refractivity contribution >= 4 is 58.9 Å². The van der Waals surface area contributed by atoms with Gasteiger partial charge < -0.3 is 36.7 Å². The highest BCUT2D eigenvalue weighted by atomic mass is 35.5. The van der Waals surface area contributed by atoms with Crippen molar-refractivity contribution in [2.45, 2.75) is 38.1 Å². The summed E-state index contributed by atoms with van der Waals surface area (Å²) in [6.45, 7) is 1.29. The van der Waals surface area contributed by atoms with Crippen LogP contribution in [0, 0.1) is 0 Å². The number of esters is 1. The van der Waals surface area contributed by atoms with Crippen molar-refractivity contribution in [1.82, 2.24) is 26.9 Å². The lowest BCUT2D eigenvalue weighted by molar-refractivity contribution is -0.144. The lowest BCUT2D eigenvalue weighted by atomic mass is 10.0. The number of fused-ring (bicyclic) bond motifs is 4. The fourth-order valence-electron chi connectivity index (χ4n) is 4.64. The molecule has 2 bridgehead atoms. The van der Waals surface area contributed by atoms with Crippen LogP contribution in [0.2, 0.25) is 10.2 Å². The van der Waals surface area contributed by atoms with Crippen molar-refractivity contribution in [3.05, 3.63) is 69.6 Å². The molecule has 0 fully saturated rings. The first-order valence-electron chi connectivity index (χ1n) is 13.9. The average Bonchev–Trinajstić information content (AvgIpc) is 3.37. The summed E-state index contributed by atoms with van der Waals surface area (Å²) in [5.74, 6) is 5.22. The number of nitrogens with one attached hydrogen (secondary N) is 4. The van der Waals surface area contributed by atoms with Gasteiger partial charge in [0.25, 0.3) is 0 Å². The van der Waals surface area contributed by atoms with Crippen molar-refractivity contribution in [2.24, 2.45) is 10.8 Å². The number of aromatic nitrogens is 2. The van der Waals surface area contributed by atoms with E-state index in [-0.39, 0.29) is 31.1 Å². The third-order valence-electron chi connectivity index (χ3n) is 6.73. The number of nitrogens with two attached hydrogens (primary N) is 1. The number of H-pyrrole nitrogens is 1. The summed E-state index contributed by atoms with van der Waals surface area (Å²) in [6.07, 6.45) is 7.96. The molecular formula is C30H38Cl2N8O4. The normalized spacial score (nSPS) is 15.0. The molecule has 9 N–H and O–H groups in total. The van der Waals surface area contributed by atoms with Crippen molar-refractivity contribution < 1.29 is 19.1 Å². The van der Waals surface area contributed by atoms with Crippen LogP contribution >= 0.6 is 23.2 Å². The Labute approximate surface area is 266 Å².